The van der Waals surface area contributed by atoms with E-state index < -0.39 is 12.3 Å². The minimum atomic E-state index is -4.76. The molecule has 2 rings (SSSR count). The summed E-state index contributed by atoms with van der Waals surface area (Å²) < 4.78 is 49.8. The van der Waals surface area contributed by atoms with Crippen molar-refractivity contribution in [3.63, 3.8) is 0 Å². The van der Waals surface area contributed by atoms with Crippen LogP contribution >= 0.6 is 0 Å². The number of hydrogen-bond donors (Lipinski definition) is 0. The van der Waals surface area contributed by atoms with E-state index in [0.717, 1.165) is 18.5 Å². The number of carbonyl (C=O) groups is 1. The number of aromatic nitrogens is 1. The lowest BCUT2D eigenvalue weighted by molar-refractivity contribution is -0.274. The van der Waals surface area contributed by atoms with Crippen LogP contribution in [0.25, 0.3) is 11.3 Å². The summed E-state index contributed by atoms with van der Waals surface area (Å²) in [7, 11) is 0. The smallest absolute Gasteiger partial charge is 0.461 e. The van der Waals surface area contributed by atoms with Crippen LogP contribution in [0, 0.1) is 0 Å². The Kier molecular flexibility index (Phi) is 4.15. The molecular formula is C13H10F3NO4. The predicted molar refractivity (Wildman–Crippen MR) is 64.6 cm³/mol. The van der Waals surface area contributed by atoms with E-state index in [9.17, 15) is 18.0 Å². The Hall–Kier alpha value is -2.51. The van der Waals surface area contributed by atoms with Crippen LogP contribution in [0.5, 0.6) is 5.75 Å². The molecule has 0 atom stereocenters. The number of carbonyl (C=O) groups excluding carboxylic acids is 1. The van der Waals surface area contributed by atoms with Crippen molar-refractivity contribution in [2.45, 2.75) is 13.3 Å². The van der Waals surface area contributed by atoms with Gasteiger partial charge in [0, 0.05) is 5.56 Å². The summed E-state index contributed by atoms with van der Waals surface area (Å²) in [4.78, 5) is 15.4. The number of benzene rings is 1. The van der Waals surface area contributed by atoms with Crippen LogP contribution in [0.1, 0.15) is 17.4 Å². The molecular weight excluding hydrogens is 291 g/mol. The standard InChI is InChI=1S/C13H10F3NO4/c1-2-19-12(18)10-11(20-7-17-10)8-3-5-9(6-4-8)21-13(14,15)16/h3-7H,2H2,1H3. The normalized spacial score (nSPS) is 11.2. The molecule has 0 saturated carbocycles. The summed E-state index contributed by atoms with van der Waals surface area (Å²) in [5.41, 5.74) is 0.339. The number of oxazole rings is 1. The highest BCUT2D eigenvalue weighted by atomic mass is 19.4. The molecule has 8 heteroatoms. The maximum absolute atomic E-state index is 12.1. The first-order valence-electron chi connectivity index (χ1n) is 5.87. The second kappa shape index (κ2) is 5.86. The first-order chi connectivity index (χ1) is 9.90. The van der Waals surface area contributed by atoms with E-state index in [0.29, 0.717) is 5.56 Å². The lowest BCUT2D eigenvalue weighted by Crippen LogP contribution is -2.16. The van der Waals surface area contributed by atoms with Crippen molar-refractivity contribution >= 4 is 5.97 Å². The molecule has 5 nitrogen and oxygen atoms in total. The summed E-state index contributed by atoms with van der Waals surface area (Å²) in [6.07, 6.45) is -3.70. The lowest BCUT2D eigenvalue weighted by atomic mass is 10.1. The van der Waals surface area contributed by atoms with Gasteiger partial charge in [-0.15, -0.1) is 13.2 Å². The van der Waals surface area contributed by atoms with Crippen LogP contribution in [-0.2, 0) is 4.74 Å². The summed E-state index contributed by atoms with van der Waals surface area (Å²) in [5, 5.41) is 0. The zero-order valence-electron chi connectivity index (χ0n) is 10.8. The minimum Gasteiger partial charge on any atom is -0.461 e. The fourth-order valence-electron chi connectivity index (χ4n) is 1.60. The van der Waals surface area contributed by atoms with E-state index >= 15 is 0 Å². The van der Waals surface area contributed by atoms with E-state index in [1.54, 1.807) is 6.92 Å². The molecule has 21 heavy (non-hydrogen) atoms. The second-order valence-corrected chi connectivity index (χ2v) is 3.82. The topological polar surface area (TPSA) is 61.6 Å². The summed E-state index contributed by atoms with van der Waals surface area (Å²) in [5.74, 6) is -0.924. The van der Waals surface area contributed by atoms with Crippen molar-refractivity contribution in [3.8, 4) is 17.1 Å². The Morgan fingerprint density at radius 2 is 1.95 bits per heavy atom. The molecule has 1 aromatic heterocycles. The number of halogens is 3. The Bertz CT molecular complexity index is 619. The van der Waals surface area contributed by atoms with Gasteiger partial charge >= 0.3 is 12.3 Å². The molecule has 1 aromatic carbocycles. The Balaban J connectivity index is 2.24. The van der Waals surface area contributed by atoms with Crippen LogP contribution in [0.15, 0.2) is 35.1 Å². The summed E-state index contributed by atoms with van der Waals surface area (Å²) in [6, 6.07) is 4.87. The van der Waals surface area contributed by atoms with Gasteiger partial charge in [0.1, 0.15) is 5.75 Å². The fraction of sp³-hybridized carbons (Fsp3) is 0.231. The van der Waals surface area contributed by atoms with Crippen molar-refractivity contribution in [2.75, 3.05) is 6.61 Å². The molecule has 0 aliphatic heterocycles. The number of hydrogen-bond acceptors (Lipinski definition) is 5. The molecule has 0 aliphatic rings. The maximum atomic E-state index is 12.1. The third-order valence-electron chi connectivity index (χ3n) is 2.39. The molecule has 1 heterocycles. The second-order valence-electron chi connectivity index (χ2n) is 3.82. The predicted octanol–water partition coefficient (Wildman–Crippen LogP) is 3.42. The molecule has 0 spiro atoms. The first-order valence-corrected chi connectivity index (χ1v) is 5.87. The van der Waals surface area contributed by atoms with E-state index in [-0.39, 0.29) is 23.8 Å². The third kappa shape index (κ3) is 3.74. The molecule has 0 saturated heterocycles. The Morgan fingerprint density at radius 1 is 1.29 bits per heavy atom. The highest BCUT2D eigenvalue weighted by Crippen LogP contribution is 2.28. The molecule has 0 amide bonds. The fourth-order valence-corrected chi connectivity index (χ4v) is 1.60. The van der Waals surface area contributed by atoms with Crippen molar-refractivity contribution in [3.05, 3.63) is 36.4 Å². The van der Waals surface area contributed by atoms with E-state index in [2.05, 4.69) is 9.72 Å². The van der Waals surface area contributed by atoms with Gasteiger partial charge in [-0.1, -0.05) is 0 Å². The highest BCUT2D eigenvalue weighted by molar-refractivity contribution is 5.93. The van der Waals surface area contributed by atoms with Gasteiger partial charge in [0.05, 0.1) is 6.61 Å². The van der Waals surface area contributed by atoms with E-state index in [1.807, 2.05) is 0 Å². The largest absolute Gasteiger partial charge is 0.573 e. The van der Waals surface area contributed by atoms with Crippen molar-refractivity contribution in [1.29, 1.82) is 0 Å². The van der Waals surface area contributed by atoms with E-state index in [4.69, 9.17) is 9.15 Å². The monoisotopic (exact) mass is 301 g/mol. The number of ether oxygens (including phenoxy) is 2. The molecule has 0 radical (unpaired) electrons. The van der Waals surface area contributed by atoms with Gasteiger partial charge < -0.3 is 13.9 Å². The van der Waals surface area contributed by atoms with E-state index in [1.165, 1.54) is 12.1 Å². The number of alkyl halides is 3. The molecule has 0 N–H and O–H groups in total. The SMILES string of the molecule is CCOC(=O)c1ncoc1-c1ccc(OC(F)(F)F)cc1. The lowest BCUT2D eigenvalue weighted by Gasteiger charge is -2.08. The van der Waals surface area contributed by atoms with Crippen molar-refractivity contribution in [1.82, 2.24) is 4.98 Å². The highest BCUT2D eigenvalue weighted by Gasteiger charge is 2.31. The maximum Gasteiger partial charge on any atom is 0.573 e. The molecule has 2 aromatic rings. The zero-order valence-corrected chi connectivity index (χ0v) is 10.8. The van der Waals surface area contributed by atoms with Crippen LogP contribution < -0.4 is 4.74 Å². The van der Waals surface area contributed by atoms with Crippen molar-refractivity contribution in [2.24, 2.45) is 0 Å². The molecule has 0 fully saturated rings. The minimum absolute atomic E-state index is 0.0404. The molecule has 0 aliphatic carbocycles. The average Bonchev–Trinajstić information content (AvgIpc) is 2.87. The number of esters is 1. The number of nitrogens with zero attached hydrogens (tertiary/aromatic N) is 1. The van der Waals surface area contributed by atoms with Gasteiger partial charge in [0.2, 0.25) is 0 Å². The zero-order chi connectivity index (χ0) is 15.5. The quantitative estimate of drug-likeness (QED) is 0.810. The van der Waals surface area contributed by atoms with Gasteiger partial charge in [0.25, 0.3) is 0 Å². The first kappa shape index (κ1) is 14.9. The Labute approximate surface area is 117 Å². The van der Waals surface area contributed by atoms with Gasteiger partial charge in [0.15, 0.2) is 17.8 Å². The molecule has 0 bridgehead atoms. The van der Waals surface area contributed by atoms with Gasteiger partial charge in [-0.05, 0) is 31.2 Å². The summed E-state index contributed by atoms with van der Waals surface area (Å²) >= 11 is 0. The van der Waals surface area contributed by atoms with Crippen LogP contribution in [0.3, 0.4) is 0 Å². The third-order valence-corrected chi connectivity index (χ3v) is 2.39. The molecule has 0 unspecified atom stereocenters. The van der Waals surface area contributed by atoms with Crippen LogP contribution in [-0.4, -0.2) is 23.9 Å². The van der Waals surface area contributed by atoms with Crippen LogP contribution in [0.2, 0.25) is 0 Å². The van der Waals surface area contributed by atoms with Crippen LogP contribution in [0.4, 0.5) is 13.2 Å². The van der Waals surface area contributed by atoms with Gasteiger partial charge in [-0.25, -0.2) is 9.78 Å². The molecule has 112 valence electrons. The summed E-state index contributed by atoms with van der Waals surface area (Å²) in [6.45, 7) is 1.81. The van der Waals surface area contributed by atoms with Crippen molar-refractivity contribution < 1.29 is 31.9 Å². The average molecular weight is 301 g/mol. The van der Waals surface area contributed by atoms with Gasteiger partial charge in [-0.2, -0.15) is 0 Å². The Morgan fingerprint density at radius 3 is 2.52 bits per heavy atom. The number of rotatable bonds is 4. The van der Waals surface area contributed by atoms with Gasteiger partial charge in [-0.3, -0.25) is 0 Å².